The van der Waals surface area contributed by atoms with E-state index in [1.54, 1.807) is 13.8 Å². The first-order valence-corrected chi connectivity index (χ1v) is 18.7. The van der Waals surface area contributed by atoms with E-state index in [1.165, 1.54) is 0 Å². The summed E-state index contributed by atoms with van der Waals surface area (Å²) in [5, 5.41) is 55.1. The van der Waals surface area contributed by atoms with Crippen molar-refractivity contribution in [2.24, 2.45) is 16.8 Å². The number of carbonyl (C=O) groups excluding carboxylic acids is 3. The van der Waals surface area contributed by atoms with Crippen LogP contribution in [0, 0.1) is 11.8 Å². The molecule has 2 aromatic carbocycles. The third-order valence-electron chi connectivity index (χ3n) is 11.5. The molecule has 54 heavy (non-hydrogen) atoms. The van der Waals surface area contributed by atoms with E-state index in [2.05, 4.69) is 4.99 Å². The van der Waals surface area contributed by atoms with Crippen molar-refractivity contribution in [2.45, 2.75) is 83.0 Å². The van der Waals surface area contributed by atoms with Crippen LogP contribution >= 0.6 is 0 Å². The molecule has 4 aliphatic heterocycles. The van der Waals surface area contributed by atoms with Crippen LogP contribution in [0.15, 0.2) is 34.0 Å². The summed E-state index contributed by atoms with van der Waals surface area (Å²) in [5.41, 5.74) is 1.92. The minimum absolute atomic E-state index is 0.00287. The van der Waals surface area contributed by atoms with E-state index >= 15 is 0 Å². The zero-order valence-corrected chi connectivity index (χ0v) is 30.6. The number of allylic oxidation sites excluding steroid dienone is 3. The lowest BCUT2D eigenvalue weighted by Crippen LogP contribution is -2.42. The van der Waals surface area contributed by atoms with Gasteiger partial charge in [-0.05, 0) is 80.9 Å². The fourth-order valence-electron chi connectivity index (χ4n) is 8.58. The minimum Gasteiger partial charge on any atom is -0.492 e. The maximum absolute atomic E-state index is 14.3. The molecular weight excluding hydrogens is 698 g/mol. The van der Waals surface area contributed by atoms with Crippen molar-refractivity contribution in [3.8, 4) is 17.2 Å². The van der Waals surface area contributed by atoms with E-state index in [9.17, 15) is 39.9 Å². The Balaban J connectivity index is 1.54. The summed E-state index contributed by atoms with van der Waals surface area (Å²) in [6, 6.07) is 3.97. The molecule has 1 aliphatic carbocycles. The Morgan fingerprint density at radius 1 is 1.09 bits per heavy atom. The maximum Gasteiger partial charge on any atom is 0.375 e. The van der Waals surface area contributed by atoms with E-state index in [0.29, 0.717) is 43.2 Å². The minimum atomic E-state index is -1.41. The van der Waals surface area contributed by atoms with Crippen molar-refractivity contribution in [3.05, 3.63) is 67.4 Å². The van der Waals surface area contributed by atoms with Crippen LogP contribution in [0.1, 0.15) is 79.7 Å². The molecule has 0 aromatic heterocycles. The van der Waals surface area contributed by atoms with Crippen molar-refractivity contribution in [1.82, 2.24) is 0 Å². The molecule has 5 aliphatic rings. The molecule has 2 bridgehead atoms. The highest BCUT2D eigenvalue weighted by Gasteiger charge is 2.47. The molecule has 1 saturated carbocycles. The van der Waals surface area contributed by atoms with E-state index in [0.717, 1.165) is 21.7 Å². The standard InChI is InChI=1S/C41H47NO12/c1-3-51-40(49)39-29(18-46)33-24-11-25(17-45)35(48)27(13-24)26-12-23-7-9-42-31(23)14-22(26)6-5-21(16-44)20-52-37-28-15-32(41(2,50)8-4-10-43)53-36(28)30(19-47)38(54-39)34(33)37/h7,12,14,18,21,25,27,32,43-45,47,50H,3-6,8-11,13,15-17,19-20H2,1-2H3. The summed E-state index contributed by atoms with van der Waals surface area (Å²) in [4.78, 5) is 45.8. The smallest absolute Gasteiger partial charge is 0.375 e. The number of nitrogens with zero attached hydrogens (tertiary/aromatic N) is 1. The fourth-order valence-corrected chi connectivity index (χ4v) is 8.58. The number of hydrogen-bond donors (Lipinski definition) is 5. The van der Waals surface area contributed by atoms with Gasteiger partial charge in [-0.2, -0.15) is 0 Å². The largest absolute Gasteiger partial charge is 0.492 e. The Bertz CT molecular complexity index is 2060. The molecule has 0 amide bonds. The first kappa shape index (κ1) is 37.9. The molecule has 4 heterocycles. The van der Waals surface area contributed by atoms with Gasteiger partial charge in [0.1, 0.15) is 29.1 Å². The zero-order valence-electron chi connectivity index (χ0n) is 30.6. The van der Waals surface area contributed by atoms with Crippen LogP contribution in [0.2, 0.25) is 0 Å². The second-order valence-electron chi connectivity index (χ2n) is 14.9. The number of aldehydes is 1. The van der Waals surface area contributed by atoms with Crippen LogP contribution in [0.25, 0.3) is 11.6 Å². The summed E-state index contributed by atoms with van der Waals surface area (Å²) in [6.45, 7) is 2.30. The molecule has 5 N–H and O–H groups in total. The molecule has 7 rings (SSSR count). The molecule has 288 valence electrons. The number of benzene rings is 2. The van der Waals surface area contributed by atoms with Crippen LogP contribution in [0.3, 0.4) is 0 Å². The Morgan fingerprint density at radius 2 is 1.91 bits per heavy atom. The van der Waals surface area contributed by atoms with Gasteiger partial charge in [0.2, 0.25) is 5.76 Å². The number of aryl methyl sites for hydroxylation is 1. The number of ketones is 1. The fraction of sp³-hybridized carbons (Fsp3) is 0.512. The van der Waals surface area contributed by atoms with Crippen LogP contribution in [0.5, 0.6) is 17.2 Å². The normalized spacial score (nSPS) is 24.0. The highest BCUT2D eigenvalue weighted by Crippen LogP contribution is 2.57. The SMILES string of the molecule is CCOC(=O)C1=C(C=O)C2=C3CC(CO)C(=O)C(C3)c3cc4c(cc3CCC(CO)COc3c5c(c(CO)c(c32)O1)OC(C(C)(O)CCCO)C5)=NCC=4. The number of rotatable bonds is 10. The van der Waals surface area contributed by atoms with Gasteiger partial charge in [0, 0.05) is 48.5 Å². The van der Waals surface area contributed by atoms with E-state index in [4.69, 9.17) is 18.9 Å². The topological polar surface area (TPSA) is 202 Å². The third kappa shape index (κ3) is 6.55. The van der Waals surface area contributed by atoms with Gasteiger partial charge in [0.25, 0.3) is 0 Å². The molecule has 5 atom stereocenters. The molecule has 0 spiro atoms. The maximum atomic E-state index is 14.3. The van der Waals surface area contributed by atoms with Crippen LogP contribution < -0.4 is 24.8 Å². The number of esters is 1. The molecule has 0 saturated heterocycles. The molecule has 13 heteroatoms. The van der Waals surface area contributed by atoms with Crippen molar-refractivity contribution in [3.63, 3.8) is 0 Å². The molecule has 1 fully saturated rings. The molecular formula is C41H47NO12. The van der Waals surface area contributed by atoms with Gasteiger partial charge in [0.05, 0.1) is 60.6 Å². The van der Waals surface area contributed by atoms with Gasteiger partial charge >= 0.3 is 5.97 Å². The summed E-state index contributed by atoms with van der Waals surface area (Å²) in [5.74, 6) is -3.00. The van der Waals surface area contributed by atoms with E-state index in [-0.39, 0.29) is 103 Å². The number of fused-ring (bicyclic) bond motifs is 7. The van der Waals surface area contributed by atoms with Gasteiger partial charge in [-0.25, -0.2) is 4.79 Å². The van der Waals surface area contributed by atoms with Gasteiger partial charge in [-0.15, -0.1) is 0 Å². The van der Waals surface area contributed by atoms with Crippen LogP contribution in [0.4, 0.5) is 0 Å². The molecule has 0 radical (unpaired) electrons. The average Bonchev–Trinajstić information content (AvgIpc) is 3.83. The Labute approximate surface area is 312 Å². The van der Waals surface area contributed by atoms with Crippen molar-refractivity contribution >= 4 is 29.7 Å². The van der Waals surface area contributed by atoms with Crippen molar-refractivity contribution < 1.29 is 58.9 Å². The molecule has 13 nitrogen and oxygen atoms in total. The quantitative estimate of drug-likeness (QED) is 0.173. The lowest BCUT2D eigenvalue weighted by molar-refractivity contribution is -0.141. The second-order valence-corrected chi connectivity index (χ2v) is 14.9. The molecule has 5 unspecified atom stereocenters. The Hall–Kier alpha value is -4.40. The van der Waals surface area contributed by atoms with Gasteiger partial charge in [-0.3, -0.25) is 14.6 Å². The number of carbonyl (C=O) groups is 3. The number of ether oxygens (including phenoxy) is 4. The Kier molecular flexibility index (Phi) is 10.8. The lowest BCUT2D eigenvalue weighted by Gasteiger charge is -2.34. The predicted molar refractivity (Wildman–Crippen MR) is 193 cm³/mol. The zero-order chi connectivity index (χ0) is 38.3. The third-order valence-corrected chi connectivity index (χ3v) is 11.5. The average molecular weight is 746 g/mol. The first-order valence-electron chi connectivity index (χ1n) is 18.7. The monoisotopic (exact) mass is 745 g/mol. The summed E-state index contributed by atoms with van der Waals surface area (Å²) in [7, 11) is 0. The lowest BCUT2D eigenvalue weighted by atomic mass is 9.70. The number of aliphatic hydroxyl groups is 5. The van der Waals surface area contributed by atoms with Crippen molar-refractivity contribution in [2.75, 3.05) is 39.6 Å². The number of Topliss-reactive ketones (excluding diaryl/α,β-unsaturated/α-hetero) is 1. The summed E-state index contributed by atoms with van der Waals surface area (Å²) in [6.07, 6.45) is 3.51. The Morgan fingerprint density at radius 3 is 2.61 bits per heavy atom. The van der Waals surface area contributed by atoms with Gasteiger partial charge in [-0.1, -0.05) is 11.6 Å². The summed E-state index contributed by atoms with van der Waals surface area (Å²) >= 11 is 0. The van der Waals surface area contributed by atoms with Crippen LogP contribution in [-0.4, -0.2) is 94.9 Å². The van der Waals surface area contributed by atoms with Crippen molar-refractivity contribution in [1.29, 1.82) is 0 Å². The number of hydrogen-bond acceptors (Lipinski definition) is 13. The first-order chi connectivity index (χ1) is 26.1. The van der Waals surface area contributed by atoms with Crippen LogP contribution in [-0.2, 0) is 38.6 Å². The highest BCUT2D eigenvalue weighted by atomic mass is 16.6. The highest BCUT2D eigenvalue weighted by molar-refractivity contribution is 6.11. The summed E-state index contributed by atoms with van der Waals surface area (Å²) < 4.78 is 24.7. The number of aliphatic hydroxyl groups excluding tert-OH is 4. The van der Waals surface area contributed by atoms with Gasteiger partial charge in [0.15, 0.2) is 6.29 Å². The second kappa shape index (κ2) is 15.4. The van der Waals surface area contributed by atoms with E-state index < -0.39 is 48.5 Å². The van der Waals surface area contributed by atoms with E-state index in [1.807, 2.05) is 18.2 Å². The van der Waals surface area contributed by atoms with Gasteiger partial charge < -0.3 is 44.5 Å². The predicted octanol–water partition coefficient (Wildman–Crippen LogP) is 1.27. The molecule has 2 aromatic rings.